The molecule has 1 aromatic heterocycles. The molecule has 5 nitrogen and oxygen atoms in total. The average Bonchev–Trinajstić information content (AvgIpc) is 3.38. The van der Waals surface area contributed by atoms with Gasteiger partial charge in [0.2, 0.25) is 0 Å². The van der Waals surface area contributed by atoms with E-state index >= 15 is 0 Å². The van der Waals surface area contributed by atoms with E-state index in [1.165, 1.54) is 0 Å². The minimum atomic E-state index is 0.425. The van der Waals surface area contributed by atoms with Crippen LogP contribution >= 0.6 is 0 Å². The molecule has 0 spiro atoms. The summed E-state index contributed by atoms with van der Waals surface area (Å²) in [6.07, 6.45) is 18.9. The van der Waals surface area contributed by atoms with Crippen molar-refractivity contribution in [3.05, 3.63) is 83.1 Å². The van der Waals surface area contributed by atoms with Gasteiger partial charge in [-0.15, -0.1) is 0 Å². The molecule has 3 aliphatic rings. The van der Waals surface area contributed by atoms with Crippen molar-refractivity contribution in [3.63, 3.8) is 0 Å². The van der Waals surface area contributed by atoms with Crippen LogP contribution in [0.1, 0.15) is 11.4 Å². The van der Waals surface area contributed by atoms with Gasteiger partial charge in [0.15, 0.2) is 0 Å². The average molecular weight is 323 g/mol. The third-order valence-electron chi connectivity index (χ3n) is 3.67. The summed E-state index contributed by atoms with van der Waals surface area (Å²) in [7, 11) is 0. The van der Waals surface area contributed by atoms with E-state index in [1.54, 1.807) is 12.3 Å². The molecule has 25 heavy (non-hydrogen) atoms. The molecule has 1 aromatic rings. The Morgan fingerprint density at radius 2 is 1.60 bits per heavy atom. The Hall–Kier alpha value is -3.78. The Labute approximate surface area is 144 Å². The fourth-order valence-corrected chi connectivity index (χ4v) is 2.54. The highest BCUT2D eigenvalue weighted by Crippen LogP contribution is 2.18. The Balaban J connectivity index is 1.50. The number of nitrogens with one attached hydrogen (secondary N) is 1. The highest BCUT2D eigenvalue weighted by Gasteiger charge is 2.06. The van der Waals surface area contributed by atoms with Crippen molar-refractivity contribution in [2.75, 3.05) is 0 Å². The van der Waals surface area contributed by atoms with Crippen molar-refractivity contribution in [2.45, 2.75) is 0 Å². The topological polar surface area (TPSA) is 76.7 Å². The van der Waals surface area contributed by atoms with Crippen LogP contribution < -0.4 is 0 Å². The summed E-state index contributed by atoms with van der Waals surface area (Å²) >= 11 is 0. The van der Waals surface area contributed by atoms with Crippen molar-refractivity contribution in [1.82, 2.24) is 4.98 Å². The molecule has 5 heteroatoms. The van der Waals surface area contributed by atoms with Crippen LogP contribution in [0, 0.1) is 11.3 Å². The molecule has 3 aliphatic heterocycles. The first-order valence-electron chi connectivity index (χ1n) is 7.77. The quantitative estimate of drug-likeness (QED) is 0.903. The number of nitriles is 1. The summed E-state index contributed by atoms with van der Waals surface area (Å²) in [6.45, 7) is 0. The van der Waals surface area contributed by atoms with Gasteiger partial charge in [0.1, 0.15) is 11.8 Å². The Bertz CT molecular complexity index is 1030. The lowest BCUT2D eigenvalue weighted by molar-refractivity contribution is 1.32. The fraction of sp³-hybridized carbons (Fsp3) is 0. The number of allylic oxidation sites excluding steroid dienone is 7. The Morgan fingerprint density at radius 3 is 2.28 bits per heavy atom. The maximum absolute atomic E-state index is 8.82. The predicted octanol–water partition coefficient (Wildman–Crippen LogP) is 3.77. The monoisotopic (exact) mass is 323 g/mol. The van der Waals surface area contributed by atoms with E-state index in [9.17, 15) is 0 Å². The maximum Gasteiger partial charge on any atom is 0.141 e. The van der Waals surface area contributed by atoms with E-state index in [2.05, 4.69) is 20.0 Å². The van der Waals surface area contributed by atoms with Gasteiger partial charge in [-0.1, -0.05) is 0 Å². The van der Waals surface area contributed by atoms with Gasteiger partial charge < -0.3 is 4.98 Å². The Morgan fingerprint density at radius 1 is 0.840 bits per heavy atom. The third-order valence-corrected chi connectivity index (χ3v) is 3.67. The van der Waals surface area contributed by atoms with Crippen LogP contribution in [0.5, 0.6) is 0 Å². The van der Waals surface area contributed by atoms with Crippen molar-refractivity contribution >= 4 is 29.8 Å². The standard InChI is InChI=1S/C20H13N5/c21-13-20-8-7-19(25-20)12-18-6-5-17(24-18)11-16-4-3-15(23-16)10-14-2-1-9-22-14/h1-12,24H/b14-10?,16-11?,19-12-. The number of nitrogens with zero attached hydrogens (tertiary/aromatic N) is 4. The molecule has 0 fully saturated rings. The molecule has 1 N–H and O–H groups in total. The van der Waals surface area contributed by atoms with E-state index in [1.807, 2.05) is 66.8 Å². The molecule has 0 bridgehead atoms. The molecule has 4 rings (SSSR count). The van der Waals surface area contributed by atoms with Crippen molar-refractivity contribution < 1.29 is 0 Å². The van der Waals surface area contributed by atoms with Crippen LogP contribution in [-0.2, 0) is 0 Å². The molecule has 0 atom stereocenters. The van der Waals surface area contributed by atoms with Crippen LogP contribution in [0.2, 0.25) is 0 Å². The molecule has 0 unspecified atom stereocenters. The lowest BCUT2D eigenvalue weighted by Crippen LogP contribution is -1.84. The number of H-pyrrole nitrogens is 1. The number of aliphatic imine (C=N–C) groups is 3. The molecular formula is C20H13N5. The van der Waals surface area contributed by atoms with Crippen molar-refractivity contribution in [2.24, 2.45) is 15.0 Å². The normalized spacial score (nSPS) is 22.4. The summed E-state index contributed by atoms with van der Waals surface area (Å²) in [4.78, 5) is 16.3. The van der Waals surface area contributed by atoms with Gasteiger partial charge in [-0.25, -0.2) is 9.98 Å². The van der Waals surface area contributed by atoms with Crippen LogP contribution in [0.15, 0.2) is 86.7 Å². The fourth-order valence-electron chi connectivity index (χ4n) is 2.54. The number of aromatic nitrogens is 1. The lowest BCUT2D eigenvalue weighted by Gasteiger charge is -1.92. The van der Waals surface area contributed by atoms with Crippen LogP contribution in [-0.4, -0.2) is 22.6 Å². The SMILES string of the molecule is N#CC1=N/C(=C\c2ccc(C=C3C=CC(C=C4C=CC=N4)=N3)[nH]2)C=C1. The predicted molar refractivity (Wildman–Crippen MR) is 101 cm³/mol. The summed E-state index contributed by atoms with van der Waals surface area (Å²) in [6, 6.07) is 5.98. The third kappa shape index (κ3) is 3.43. The van der Waals surface area contributed by atoms with Gasteiger partial charge in [-0.3, -0.25) is 4.99 Å². The molecule has 4 heterocycles. The van der Waals surface area contributed by atoms with E-state index in [0.29, 0.717) is 5.71 Å². The molecule has 0 aromatic carbocycles. The molecule has 0 radical (unpaired) electrons. The second-order valence-corrected chi connectivity index (χ2v) is 5.53. The zero-order chi connectivity index (χ0) is 17.1. The van der Waals surface area contributed by atoms with Crippen molar-refractivity contribution in [1.29, 1.82) is 5.26 Å². The first-order valence-corrected chi connectivity index (χ1v) is 7.77. The number of hydrogen-bond acceptors (Lipinski definition) is 4. The zero-order valence-corrected chi connectivity index (χ0v) is 13.2. The van der Waals surface area contributed by atoms with Crippen molar-refractivity contribution in [3.8, 4) is 6.07 Å². The van der Waals surface area contributed by atoms with Crippen LogP contribution in [0.3, 0.4) is 0 Å². The van der Waals surface area contributed by atoms with Gasteiger partial charge in [-0.05, 0) is 66.8 Å². The van der Waals surface area contributed by atoms with E-state index < -0.39 is 0 Å². The summed E-state index contributed by atoms with van der Waals surface area (Å²) < 4.78 is 0. The molecule has 0 saturated carbocycles. The second kappa shape index (κ2) is 6.38. The zero-order valence-electron chi connectivity index (χ0n) is 13.2. The smallest absolute Gasteiger partial charge is 0.141 e. The molecule has 0 aliphatic carbocycles. The maximum atomic E-state index is 8.82. The molecule has 0 amide bonds. The summed E-state index contributed by atoms with van der Waals surface area (Å²) in [5, 5.41) is 8.82. The van der Waals surface area contributed by atoms with Crippen LogP contribution in [0.25, 0.3) is 12.2 Å². The lowest BCUT2D eigenvalue weighted by atomic mass is 10.3. The molecule has 118 valence electrons. The van der Waals surface area contributed by atoms with Gasteiger partial charge in [0.05, 0.1) is 22.8 Å². The summed E-state index contributed by atoms with van der Waals surface area (Å²) in [5.74, 6) is 0. The highest BCUT2D eigenvalue weighted by atomic mass is 14.8. The number of hydrogen-bond donors (Lipinski definition) is 1. The summed E-state index contributed by atoms with van der Waals surface area (Å²) in [5.41, 5.74) is 5.73. The van der Waals surface area contributed by atoms with E-state index in [0.717, 1.165) is 34.2 Å². The second-order valence-electron chi connectivity index (χ2n) is 5.53. The molecule has 0 saturated heterocycles. The first-order chi connectivity index (χ1) is 12.3. The number of aromatic amines is 1. The van der Waals surface area contributed by atoms with Gasteiger partial charge in [-0.2, -0.15) is 5.26 Å². The van der Waals surface area contributed by atoms with E-state index in [4.69, 9.17) is 5.26 Å². The van der Waals surface area contributed by atoms with Gasteiger partial charge >= 0.3 is 0 Å². The van der Waals surface area contributed by atoms with Crippen LogP contribution in [0.4, 0.5) is 0 Å². The minimum absolute atomic E-state index is 0.425. The van der Waals surface area contributed by atoms with Gasteiger partial charge in [0.25, 0.3) is 0 Å². The Kier molecular flexibility index (Phi) is 3.77. The van der Waals surface area contributed by atoms with Gasteiger partial charge in [0, 0.05) is 17.6 Å². The number of rotatable bonds is 3. The largest absolute Gasteiger partial charge is 0.355 e. The first kappa shape index (κ1) is 14.8. The highest BCUT2D eigenvalue weighted by molar-refractivity contribution is 6.10. The minimum Gasteiger partial charge on any atom is -0.355 e. The van der Waals surface area contributed by atoms with E-state index in [-0.39, 0.29) is 0 Å². The molecular weight excluding hydrogens is 310 g/mol.